The van der Waals surface area contributed by atoms with Crippen molar-refractivity contribution < 1.29 is 22.7 Å². The van der Waals surface area contributed by atoms with Crippen molar-refractivity contribution in [2.45, 2.75) is 45.5 Å². The van der Waals surface area contributed by atoms with Crippen molar-refractivity contribution >= 4 is 6.03 Å². The van der Waals surface area contributed by atoms with Crippen molar-refractivity contribution in [3.63, 3.8) is 0 Å². The normalized spacial score (nSPS) is 11.5. The summed E-state index contributed by atoms with van der Waals surface area (Å²) in [6.45, 7) is 4.41. The molecule has 0 aliphatic heterocycles. The monoisotopic (exact) mass is 425 g/mol. The van der Waals surface area contributed by atoms with Crippen molar-refractivity contribution in [3.8, 4) is 0 Å². The number of carbonyl (C=O) groups excluding carboxylic acids is 1. The fourth-order valence-corrected chi connectivity index (χ4v) is 3.12. The molecule has 166 valence electrons. The number of hydrogen-bond acceptors (Lipinski definition) is 2. The van der Waals surface area contributed by atoms with Gasteiger partial charge in [-0.1, -0.05) is 25.5 Å². The van der Waals surface area contributed by atoms with Crippen molar-refractivity contribution in [2.75, 3.05) is 26.8 Å². The zero-order valence-electron chi connectivity index (χ0n) is 17.5. The minimum Gasteiger partial charge on any atom is -0.385 e. The van der Waals surface area contributed by atoms with E-state index in [0.29, 0.717) is 44.8 Å². The first kappa shape index (κ1) is 23.8. The number of carbonyl (C=O) groups is 1. The summed E-state index contributed by atoms with van der Waals surface area (Å²) in [6, 6.07) is 8.90. The highest BCUT2D eigenvalue weighted by Gasteiger charge is 2.30. The smallest absolute Gasteiger partial charge is 0.385 e. The molecular weight excluding hydrogens is 395 g/mol. The number of nitrogens with zero attached hydrogens (tertiary/aromatic N) is 2. The van der Waals surface area contributed by atoms with Crippen LogP contribution in [0.1, 0.15) is 43.0 Å². The highest BCUT2D eigenvalue weighted by Crippen LogP contribution is 2.29. The third-order valence-corrected chi connectivity index (χ3v) is 4.75. The SMILES string of the molecule is CCCCNC(=O)N(CCCOC)Cc1cccn1Cc1cccc(C(F)(F)F)c1. The van der Waals surface area contributed by atoms with E-state index in [1.165, 1.54) is 6.07 Å². The average Bonchev–Trinajstić information content (AvgIpc) is 3.13. The molecule has 1 aromatic carbocycles. The molecule has 0 bridgehead atoms. The number of amides is 2. The molecule has 0 aliphatic rings. The third kappa shape index (κ3) is 7.40. The lowest BCUT2D eigenvalue weighted by atomic mass is 10.1. The molecule has 0 fully saturated rings. The lowest BCUT2D eigenvalue weighted by Gasteiger charge is -2.24. The van der Waals surface area contributed by atoms with Crippen LogP contribution >= 0.6 is 0 Å². The van der Waals surface area contributed by atoms with Crippen LogP contribution in [-0.4, -0.2) is 42.3 Å². The fourth-order valence-electron chi connectivity index (χ4n) is 3.12. The Morgan fingerprint density at radius 2 is 2.00 bits per heavy atom. The maximum absolute atomic E-state index is 13.0. The topological polar surface area (TPSA) is 46.5 Å². The maximum atomic E-state index is 13.0. The van der Waals surface area contributed by atoms with E-state index < -0.39 is 11.7 Å². The van der Waals surface area contributed by atoms with E-state index in [1.54, 1.807) is 18.1 Å². The molecule has 0 saturated carbocycles. The molecule has 1 N–H and O–H groups in total. The lowest BCUT2D eigenvalue weighted by molar-refractivity contribution is -0.137. The van der Waals surface area contributed by atoms with Gasteiger partial charge in [-0.05, 0) is 42.7 Å². The number of unbranched alkanes of at least 4 members (excludes halogenated alkanes) is 1. The summed E-state index contributed by atoms with van der Waals surface area (Å²) >= 11 is 0. The number of hydrogen-bond donors (Lipinski definition) is 1. The van der Waals surface area contributed by atoms with E-state index in [9.17, 15) is 18.0 Å². The second kappa shape index (κ2) is 11.6. The van der Waals surface area contributed by atoms with Crippen molar-refractivity contribution in [3.05, 3.63) is 59.4 Å². The third-order valence-electron chi connectivity index (χ3n) is 4.75. The first-order chi connectivity index (χ1) is 14.3. The summed E-state index contributed by atoms with van der Waals surface area (Å²) in [7, 11) is 1.62. The Hall–Kier alpha value is -2.48. The molecule has 0 spiro atoms. The Kier molecular flexibility index (Phi) is 9.23. The molecule has 0 radical (unpaired) electrons. The fraction of sp³-hybridized carbons (Fsp3) is 0.500. The van der Waals surface area contributed by atoms with Gasteiger partial charge >= 0.3 is 12.2 Å². The van der Waals surface area contributed by atoms with Gasteiger partial charge in [0.1, 0.15) is 0 Å². The molecule has 2 aromatic rings. The summed E-state index contributed by atoms with van der Waals surface area (Å²) in [5.41, 5.74) is 0.751. The van der Waals surface area contributed by atoms with E-state index in [4.69, 9.17) is 4.74 Å². The zero-order chi connectivity index (χ0) is 22.0. The summed E-state index contributed by atoms with van der Waals surface area (Å²) in [5, 5.41) is 2.93. The van der Waals surface area contributed by atoms with Crippen LogP contribution in [-0.2, 0) is 24.0 Å². The number of alkyl halides is 3. The predicted molar refractivity (Wildman–Crippen MR) is 110 cm³/mol. The largest absolute Gasteiger partial charge is 0.416 e. The van der Waals surface area contributed by atoms with Crippen LogP contribution in [0.2, 0.25) is 0 Å². The van der Waals surface area contributed by atoms with Gasteiger partial charge in [0.25, 0.3) is 0 Å². The number of halogens is 3. The molecule has 0 aliphatic carbocycles. The molecule has 8 heteroatoms. The number of benzene rings is 1. The second-order valence-corrected chi connectivity index (χ2v) is 7.18. The Bertz CT molecular complexity index is 790. The number of nitrogens with one attached hydrogen (secondary N) is 1. The minimum atomic E-state index is -4.37. The van der Waals surface area contributed by atoms with Crippen LogP contribution < -0.4 is 5.32 Å². The van der Waals surface area contributed by atoms with Gasteiger partial charge in [-0.15, -0.1) is 0 Å². The first-order valence-electron chi connectivity index (χ1n) is 10.2. The predicted octanol–water partition coefficient (Wildman–Crippen LogP) is 4.90. The van der Waals surface area contributed by atoms with Crippen LogP contribution in [0.15, 0.2) is 42.6 Å². The van der Waals surface area contributed by atoms with Crippen LogP contribution in [0.25, 0.3) is 0 Å². The van der Waals surface area contributed by atoms with Crippen LogP contribution in [0.3, 0.4) is 0 Å². The van der Waals surface area contributed by atoms with Gasteiger partial charge in [0, 0.05) is 45.2 Å². The quantitative estimate of drug-likeness (QED) is 0.521. The number of methoxy groups -OCH3 is 1. The second-order valence-electron chi connectivity index (χ2n) is 7.18. The highest BCUT2D eigenvalue weighted by atomic mass is 19.4. The lowest BCUT2D eigenvalue weighted by Crippen LogP contribution is -2.41. The number of aromatic nitrogens is 1. The van der Waals surface area contributed by atoms with Crippen molar-refractivity contribution in [1.82, 2.24) is 14.8 Å². The van der Waals surface area contributed by atoms with Crippen LogP contribution in [0.4, 0.5) is 18.0 Å². The van der Waals surface area contributed by atoms with Gasteiger partial charge in [-0.25, -0.2) is 4.79 Å². The van der Waals surface area contributed by atoms with Crippen LogP contribution in [0, 0.1) is 0 Å². The number of ether oxygens (including phenoxy) is 1. The van der Waals surface area contributed by atoms with Gasteiger partial charge < -0.3 is 19.5 Å². The summed E-state index contributed by atoms with van der Waals surface area (Å²) < 4.78 is 45.9. The number of rotatable bonds is 11. The molecule has 1 heterocycles. The zero-order valence-corrected chi connectivity index (χ0v) is 17.5. The van der Waals surface area contributed by atoms with Gasteiger partial charge in [-0.3, -0.25) is 0 Å². The maximum Gasteiger partial charge on any atom is 0.416 e. The highest BCUT2D eigenvalue weighted by molar-refractivity contribution is 5.74. The van der Waals surface area contributed by atoms with E-state index >= 15 is 0 Å². The first-order valence-corrected chi connectivity index (χ1v) is 10.2. The molecule has 0 saturated heterocycles. The molecule has 30 heavy (non-hydrogen) atoms. The Morgan fingerprint density at radius 1 is 1.20 bits per heavy atom. The summed E-state index contributed by atoms with van der Waals surface area (Å²) in [4.78, 5) is 14.3. The molecule has 1 aromatic heterocycles. The van der Waals surface area contributed by atoms with Crippen LogP contribution in [0.5, 0.6) is 0 Å². The van der Waals surface area contributed by atoms with E-state index in [1.807, 2.05) is 22.9 Å². The standard InChI is InChI=1S/C22H30F3N3O2/c1-3-4-11-26-21(29)28(13-7-14-30-2)17-20-10-6-12-27(20)16-18-8-5-9-19(15-18)22(23,24)25/h5-6,8-10,12,15H,3-4,7,11,13-14,16-17H2,1-2H3,(H,26,29). The Morgan fingerprint density at radius 3 is 2.70 bits per heavy atom. The van der Waals surface area contributed by atoms with Gasteiger partial charge in [0.05, 0.1) is 12.1 Å². The average molecular weight is 425 g/mol. The summed E-state index contributed by atoms with van der Waals surface area (Å²) in [6.07, 6.45) is 0.0432. The molecule has 2 amide bonds. The Balaban J connectivity index is 2.11. The van der Waals surface area contributed by atoms with E-state index in [-0.39, 0.29) is 6.03 Å². The van der Waals surface area contributed by atoms with Crippen molar-refractivity contribution in [1.29, 1.82) is 0 Å². The Labute approximate surface area is 175 Å². The van der Waals surface area contributed by atoms with E-state index in [2.05, 4.69) is 12.2 Å². The van der Waals surface area contributed by atoms with Crippen molar-refractivity contribution in [2.24, 2.45) is 0 Å². The molecule has 0 atom stereocenters. The molecule has 5 nitrogen and oxygen atoms in total. The molecular formula is C22H30F3N3O2. The minimum absolute atomic E-state index is 0.147. The van der Waals surface area contributed by atoms with Gasteiger partial charge in [0.2, 0.25) is 0 Å². The van der Waals surface area contributed by atoms with Gasteiger partial charge in [0.15, 0.2) is 0 Å². The molecule has 0 unspecified atom stereocenters. The van der Waals surface area contributed by atoms with E-state index in [0.717, 1.165) is 30.7 Å². The number of urea groups is 1. The summed E-state index contributed by atoms with van der Waals surface area (Å²) in [5.74, 6) is 0. The van der Waals surface area contributed by atoms with Gasteiger partial charge in [-0.2, -0.15) is 13.2 Å². The molecule has 2 rings (SSSR count).